The molecular weight excluding hydrogens is 220 g/mol. The summed E-state index contributed by atoms with van der Waals surface area (Å²) in [4.78, 5) is 2.52. The van der Waals surface area contributed by atoms with Gasteiger partial charge < -0.3 is 10.6 Å². The monoisotopic (exact) mass is 246 g/mol. The molecule has 2 N–H and O–H groups in total. The van der Waals surface area contributed by atoms with Crippen LogP contribution < -0.4 is 10.6 Å². The number of benzene rings is 1. The van der Waals surface area contributed by atoms with Crippen molar-refractivity contribution >= 4 is 5.69 Å². The Morgan fingerprint density at radius 1 is 1.22 bits per heavy atom. The Bertz CT molecular complexity index is 429. The molecule has 2 nitrogen and oxygen atoms in total. The van der Waals surface area contributed by atoms with E-state index in [1.807, 2.05) is 0 Å². The maximum Gasteiger partial charge on any atom is 0.0402 e. The van der Waals surface area contributed by atoms with Crippen LogP contribution in [0.25, 0.3) is 0 Å². The maximum absolute atomic E-state index is 6.33. The van der Waals surface area contributed by atoms with Gasteiger partial charge in [-0.05, 0) is 44.2 Å². The van der Waals surface area contributed by atoms with Gasteiger partial charge in [-0.25, -0.2) is 0 Å². The van der Waals surface area contributed by atoms with Gasteiger partial charge in [0.05, 0.1) is 0 Å². The first-order chi connectivity index (χ1) is 8.22. The average Bonchev–Trinajstić information content (AvgIpc) is 2.54. The lowest BCUT2D eigenvalue weighted by molar-refractivity contribution is 0.205. The van der Waals surface area contributed by atoms with Crippen LogP contribution in [0.5, 0.6) is 0 Å². The third-order valence-electron chi connectivity index (χ3n) is 4.66. The Hall–Kier alpha value is -1.02. The Labute approximate surface area is 111 Å². The Kier molecular flexibility index (Phi) is 3.18. The average molecular weight is 246 g/mol. The first-order valence-corrected chi connectivity index (χ1v) is 6.86. The van der Waals surface area contributed by atoms with E-state index in [4.69, 9.17) is 5.73 Å². The van der Waals surface area contributed by atoms with Crippen molar-refractivity contribution in [1.29, 1.82) is 0 Å². The Balaban J connectivity index is 2.25. The van der Waals surface area contributed by atoms with Crippen molar-refractivity contribution in [2.45, 2.75) is 52.6 Å². The second-order valence-corrected chi connectivity index (χ2v) is 6.92. The molecule has 2 heteroatoms. The van der Waals surface area contributed by atoms with Crippen molar-refractivity contribution in [3.8, 4) is 0 Å². The van der Waals surface area contributed by atoms with E-state index in [1.54, 1.807) is 0 Å². The third-order valence-corrected chi connectivity index (χ3v) is 4.66. The van der Waals surface area contributed by atoms with Gasteiger partial charge in [-0.15, -0.1) is 0 Å². The Morgan fingerprint density at radius 2 is 1.83 bits per heavy atom. The Morgan fingerprint density at radius 3 is 2.44 bits per heavy atom. The molecule has 18 heavy (non-hydrogen) atoms. The first-order valence-electron chi connectivity index (χ1n) is 6.86. The van der Waals surface area contributed by atoms with Crippen molar-refractivity contribution in [2.24, 2.45) is 11.1 Å². The minimum Gasteiger partial charge on any atom is -0.368 e. The van der Waals surface area contributed by atoms with E-state index in [1.165, 1.54) is 11.3 Å². The molecule has 1 heterocycles. The number of para-hydroxylation sites is 1. The van der Waals surface area contributed by atoms with E-state index in [9.17, 15) is 0 Å². The van der Waals surface area contributed by atoms with Crippen molar-refractivity contribution in [1.82, 2.24) is 0 Å². The summed E-state index contributed by atoms with van der Waals surface area (Å²) in [6, 6.07) is 9.31. The van der Waals surface area contributed by atoms with Crippen LogP contribution in [-0.2, 0) is 6.42 Å². The molecule has 1 aliphatic rings. The van der Waals surface area contributed by atoms with Gasteiger partial charge in [0.15, 0.2) is 0 Å². The number of rotatable bonds is 3. The summed E-state index contributed by atoms with van der Waals surface area (Å²) in [5.74, 6) is 0. The largest absolute Gasteiger partial charge is 0.368 e. The molecule has 0 saturated heterocycles. The lowest BCUT2D eigenvalue weighted by Gasteiger charge is -2.43. The van der Waals surface area contributed by atoms with Crippen LogP contribution in [0.4, 0.5) is 5.69 Å². The minimum absolute atomic E-state index is 0.0821. The standard InChI is InChI=1S/C16H26N2/c1-12-10-13-8-6-7-9-14(13)18(12)11-15(2,3)16(4,5)17/h6-9,12H,10-11,17H2,1-5H3. The van der Waals surface area contributed by atoms with Crippen LogP contribution in [0.1, 0.15) is 40.2 Å². The number of hydrogen-bond acceptors (Lipinski definition) is 2. The van der Waals surface area contributed by atoms with E-state index in [0.29, 0.717) is 6.04 Å². The molecular formula is C16H26N2. The lowest BCUT2D eigenvalue weighted by Crippen LogP contribution is -2.54. The van der Waals surface area contributed by atoms with E-state index >= 15 is 0 Å². The van der Waals surface area contributed by atoms with Crippen LogP contribution >= 0.6 is 0 Å². The summed E-state index contributed by atoms with van der Waals surface area (Å²) in [5, 5.41) is 0. The van der Waals surface area contributed by atoms with E-state index < -0.39 is 0 Å². The molecule has 1 aromatic carbocycles. The van der Waals surface area contributed by atoms with Crippen molar-refractivity contribution < 1.29 is 0 Å². The molecule has 0 fully saturated rings. The molecule has 0 amide bonds. The fourth-order valence-corrected chi connectivity index (χ4v) is 2.50. The molecule has 0 saturated carbocycles. The van der Waals surface area contributed by atoms with Gasteiger partial charge in [-0.2, -0.15) is 0 Å². The van der Waals surface area contributed by atoms with Crippen LogP contribution in [0.3, 0.4) is 0 Å². The smallest absolute Gasteiger partial charge is 0.0402 e. The van der Waals surface area contributed by atoms with Crippen molar-refractivity contribution in [3.05, 3.63) is 29.8 Å². The molecule has 1 aliphatic heterocycles. The summed E-state index contributed by atoms with van der Waals surface area (Å²) in [5.41, 5.74) is 9.10. The van der Waals surface area contributed by atoms with E-state index in [-0.39, 0.29) is 11.0 Å². The number of nitrogens with two attached hydrogens (primary N) is 1. The molecule has 1 aromatic rings. The fourth-order valence-electron chi connectivity index (χ4n) is 2.50. The van der Waals surface area contributed by atoms with Crippen LogP contribution in [0.2, 0.25) is 0 Å². The lowest BCUT2D eigenvalue weighted by atomic mass is 9.74. The van der Waals surface area contributed by atoms with Crippen LogP contribution in [-0.4, -0.2) is 18.1 Å². The predicted molar refractivity (Wildman–Crippen MR) is 79.0 cm³/mol. The topological polar surface area (TPSA) is 29.3 Å². The van der Waals surface area contributed by atoms with Gasteiger partial charge in [0, 0.05) is 23.8 Å². The zero-order valence-corrected chi connectivity index (χ0v) is 12.3. The molecule has 0 aliphatic carbocycles. The molecule has 0 radical (unpaired) electrons. The summed E-state index contributed by atoms with van der Waals surface area (Å²) in [6.07, 6.45) is 1.15. The van der Waals surface area contributed by atoms with Crippen LogP contribution in [0, 0.1) is 5.41 Å². The summed E-state index contributed by atoms with van der Waals surface area (Å²) in [7, 11) is 0. The van der Waals surface area contributed by atoms with Crippen molar-refractivity contribution in [3.63, 3.8) is 0 Å². The molecule has 0 spiro atoms. The van der Waals surface area contributed by atoms with E-state index in [2.05, 4.69) is 63.8 Å². The SMILES string of the molecule is CC1Cc2ccccc2N1CC(C)(C)C(C)(C)N. The highest BCUT2D eigenvalue weighted by Gasteiger charge is 2.38. The normalized spacial score (nSPS) is 20.1. The van der Waals surface area contributed by atoms with Gasteiger partial charge in [-0.1, -0.05) is 32.0 Å². The second kappa shape index (κ2) is 4.27. The summed E-state index contributed by atoms with van der Waals surface area (Å²) < 4.78 is 0. The zero-order chi connectivity index (χ0) is 13.6. The second-order valence-electron chi connectivity index (χ2n) is 6.92. The third kappa shape index (κ3) is 2.26. The molecule has 100 valence electrons. The van der Waals surface area contributed by atoms with Gasteiger partial charge in [0.25, 0.3) is 0 Å². The van der Waals surface area contributed by atoms with Gasteiger partial charge in [0.2, 0.25) is 0 Å². The molecule has 0 bridgehead atoms. The molecule has 1 unspecified atom stereocenters. The highest BCUT2D eigenvalue weighted by molar-refractivity contribution is 5.59. The molecule has 0 aromatic heterocycles. The quantitative estimate of drug-likeness (QED) is 0.887. The molecule has 1 atom stereocenters. The van der Waals surface area contributed by atoms with Gasteiger partial charge in [0.1, 0.15) is 0 Å². The molecule has 2 rings (SSSR count). The number of fused-ring (bicyclic) bond motifs is 1. The first kappa shape index (κ1) is 13.4. The minimum atomic E-state index is -0.176. The fraction of sp³-hybridized carbons (Fsp3) is 0.625. The zero-order valence-electron chi connectivity index (χ0n) is 12.3. The summed E-state index contributed by atoms with van der Waals surface area (Å²) >= 11 is 0. The number of nitrogens with zero attached hydrogens (tertiary/aromatic N) is 1. The summed E-state index contributed by atoms with van der Waals surface area (Å²) in [6.45, 7) is 12.1. The van der Waals surface area contributed by atoms with Gasteiger partial charge in [-0.3, -0.25) is 0 Å². The predicted octanol–water partition coefficient (Wildman–Crippen LogP) is 3.20. The maximum atomic E-state index is 6.33. The van der Waals surface area contributed by atoms with Gasteiger partial charge >= 0.3 is 0 Å². The van der Waals surface area contributed by atoms with Crippen LogP contribution in [0.15, 0.2) is 24.3 Å². The highest BCUT2D eigenvalue weighted by Crippen LogP contribution is 2.37. The van der Waals surface area contributed by atoms with E-state index in [0.717, 1.165) is 13.0 Å². The highest BCUT2D eigenvalue weighted by atomic mass is 15.2. The number of hydrogen-bond donors (Lipinski definition) is 1. The van der Waals surface area contributed by atoms with Crippen molar-refractivity contribution in [2.75, 3.05) is 11.4 Å². The number of anilines is 1.